The third-order valence-corrected chi connectivity index (χ3v) is 4.35. The van der Waals surface area contributed by atoms with E-state index < -0.39 is 0 Å². The predicted octanol–water partition coefficient (Wildman–Crippen LogP) is 3.83. The quantitative estimate of drug-likeness (QED) is 0.716. The van der Waals surface area contributed by atoms with E-state index in [9.17, 15) is 9.59 Å². The highest BCUT2D eigenvalue weighted by Gasteiger charge is 2.20. The highest BCUT2D eigenvalue weighted by molar-refractivity contribution is 6.30. The van der Waals surface area contributed by atoms with Crippen molar-refractivity contribution >= 4 is 23.4 Å². The second kappa shape index (κ2) is 9.97. The monoisotopic (exact) mass is 372 g/mol. The number of hydrogen-bond donors (Lipinski definition) is 1. The van der Waals surface area contributed by atoms with Gasteiger partial charge in [0.2, 0.25) is 11.8 Å². The number of nitrogens with zero attached hydrogens (tertiary/aromatic N) is 1. The highest BCUT2D eigenvalue weighted by Crippen LogP contribution is 2.11. The molecule has 0 atom stereocenters. The number of hydrogen-bond acceptors (Lipinski definition) is 2. The molecule has 0 unspecified atom stereocenters. The molecule has 2 aromatic rings. The van der Waals surface area contributed by atoms with Crippen LogP contribution in [0, 0.1) is 0 Å². The first-order valence-electron chi connectivity index (χ1n) is 8.80. The van der Waals surface area contributed by atoms with Gasteiger partial charge in [0.25, 0.3) is 0 Å². The van der Waals surface area contributed by atoms with Crippen LogP contribution in [-0.2, 0) is 22.6 Å². The van der Waals surface area contributed by atoms with E-state index in [4.69, 9.17) is 11.6 Å². The maximum absolute atomic E-state index is 12.5. The van der Waals surface area contributed by atoms with Crippen molar-refractivity contribution in [1.29, 1.82) is 0 Å². The van der Waals surface area contributed by atoms with E-state index in [2.05, 4.69) is 5.32 Å². The Morgan fingerprint density at radius 1 is 1.00 bits per heavy atom. The third-order valence-electron chi connectivity index (χ3n) is 4.10. The Balaban J connectivity index is 1.81. The van der Waals surface area contributed by atoms with Crippen LogP contribution in [0.25, 0.3) is 0 Å². The van der Waals surface area contributed by atoms with Gasteiger partial charge in [0.15, 0.2) is 0 Å². The number of amides is 2. The molecule has 5 heteroatoms. The summed E-state index contributed by atoms with van der Waals surface area (Å²) in [5.74, 6) is -0.407. The first kappa shape index (κ1) is 20.0. The molecule has 2 amide bonds. The van der Waals surface area contributed by atoms with Crippen molar-refractivity contribution in [2.45, 2.75) is 39.3 Å². The van der Waals surface area contributed by atoms with Gasteiger partial charge in [-0.15, -0.1) is 0 Å². The van der Waals surface area contributed by atoms with Crippen molar-refractivity contribution in [3.05, 3.63) is 70.7 Å². The van der Waals surface area contributed by atoms with Crippen LogP contribution in [0.15, 0.2) is 54.6 Å². The van der Waals surface area contributed by atoms with Crippen LogP contribution in [0.4, 0.5) is 0 Å². The van der Waals surface area contributed by atoms with Gasteiger partial charge in [0.05, 0.1) is 0 Å². The average molecular weight is 373 g/mol. The van der Waals surface area contributed by atoms with E-state index >= 15 is 0 Å². The first-order valence-corrected chi connectivity index (χ1v) is 9.18. The summed E-state index contributed by atoms with van der Waals surface area (Å²) in [4.78, 5) is 26.3. The van der Waals surface area contributed by atoms with E-state index in [1.807, 2.05) is 68.4 Å². The maximum atomic E-state index is 12.5. The molecular formula is C21H25ClN2O2. The smallest absolute Gasteiger partial charge is 0.232 e. The summed E-state index contributed by atoms with van der Waals surface area (Å²) in [6, 6.07) is 17.3. The van der Waals surface area contributed by atoms with Gasteiger partial charge in [-0.1, -0.05) is 54.1 Å². The largest absolute Gasteiger partial charge is 0.355 e. The number of halogens is 1. The lowest BCUT2D eigenvalue weighted by Gasteiger charge is -2.26. The standard InChI is InChI=1S/C21H25ClN2O2/c1-16(2)24(15-18-6-4-3-5-7-18)21(26)14-20(25)23-13-12-17-8-10-19(22)11-9-17/h3-11,16H,12-15H2,1-2H3,(H,23,25). The SMILES string of the molecule is CC(C)N(Cc1ccccc1)C(=O)CC(=O)NCCc1ccc(Cl)cc1. The van der Waals surface area contributed by atoms with Crippen LogP contribution in [0.1, 0.15) is 31.4 Å². The van der Waals surface area contributed by atoms with Gasteiger partial charge in [0.1, 0.15) is 6.42 Å². The molecule has 0 aliphatic rings. The molecule has 0 aromatic heterocycles. The summed E-state index contributed by atoms with van der Waals surface area (Å²) in [6.07, 6.45) is 0.570. The van der Waals surface area contributed by atoms with Gasteiger partial charge in [-0.3, -0.25) is 9.59 Å². The summed E-state index contributed by atoms with van der Waals surface area (Å²) >= 11 is 5.85. The van der Waals surface area contributed by atoms with E-state index in [1.165, 1.54) is 0 Å². The second-order valence-corrected chi connectivity index (χ2v) is 6.94. The molecule has 4 nitrogen and oxygen atoms in total. The zero-order chi connectivity index (χ0) is 18.9. The Kier molecular flexibility index (Phi) is 7.67. The lowest BCUT2D eigenvalue weighted by molar-refractivity contribution is -0.137. The minimum Gasteiger partial charge on any atom is -0.355 e. The molecule has 0 bridgehead atoms. The van der Waals surface area contributed by atoms with Gasteiger partial charge in [-0.25, -0.2) is 0 Å². The minimum absolute atomic E-state index is 0.0320. The van der Waals surface area contributed by atoms with Crippen LogP contribution in [0.2, 0.25) is 5.02 Å². The number of nitrogens with one attached hydrogen (secondary N) is 1. The summed E-state index contributed by atoms with van der Waals surface area (Å²) in [5.41, 5.74) is 2.15. The summed E-state index contributed by atoms with van der Waals surface area (Å²) in [7, 11) is 0. The van der Waals surface area contributed by atoms with E-state index in [0.29, 0.717) is 24.5 Å². The van der Waals surface area contributed by atoms with Crippen LogP contribution < -0.4 is 5.32 Å². The van der Waals surface area contributed by atoms with Gasteiger partial charge in [-0.2, -0.15) is 0 Å². The molecule has 2 aromatic carbocycles. The molecule has 138 valence electrons. The summed E-state index contributed by atoms with van der Waals surface area (Å²) < 4.78 is 0. The molecule has 0 aliphatic carbocycles. The molecule has 26 heavy (non-hydrogen) atoms. The molecule has 0 saturated heterocycles. The van der Waals surface area contributed by atoms with Crippen molar-refractivity contribution in [2.75, 3.05) is 6.54 Å². The first-order chi connectivity index (χ1) is 12.5. The Bertz CT molecular complexity index is 715. The zero-order valence-corrected chi connectivity index (χ0v) is 16.0. The summed E-state index contributed by atoms with van der Waals surface area (Å²) in [6.45, 7) is 4.92. The van der Waals surface area contributed by atoms with Crippen molar-refractivity contribution in [2.24, 2.45) is 0 Å². The van der Waals surface area contributed by atoms with Crippen molar-refractivity contribution < 1.29 is 9.59 Å². The van der Waals surface area contributed by atoms with Crippen LogP contribution in [0.3, 0.4) is 0 Å². The Morgan fingerprint density at radius 3 is 2.27 bits per heavy atom. The minimum atomic E-state index is -0.248. The van der Waals surface area contributed by atoms with Gasteiger partial charge >= 0.3 is 0 Å². The molecule has 2 rings (SSSR count). The lowest BCUT2D eigenvalue weighted by atomic mass is 10.1. The Morgan fingerprint density at radius 2 is 1.65 bits per heavy atom. The third kappa shape index (κ3) is 6.52. The normalized spacial score (nSPS) is 10.6. The fourth-order valence-corrected chi connectivity index (χ4v) is 2.76. The zero-order valence-electron chi connectivity index (χ0n) is 15.2. The molecule has 0 spiro atoms. The number of carbonyl (C=O) groups is 2. The molecule has 0 fully saturated rings. The predicted molar refractivity (Wildman–Crippen MR) is 105 cm³/mol. The number of benzene rings is 2. The lowest BCUT2D eigenvalue weighted by Crippen LogP contribution is -2.39. The molecule has 0 saturated carbocycles. The second-order valence-electron chi connectivity index (χ2n) is 6.50. The van der Waals surface area contributed by atoms with Crippen LogP contribution in [0.5, 0.6) is 0 Å². The van der Waals surface area contributed by atoms with E-state index in [1.54, 1.807) is 4.90 Å². The number of rotatable bonds is 8. The van der Waals surface area contributed by atoms with Gasteiger partial charge < -0.3 is 10.2 Å². The fourth-order valence-electron chi connectivity index (χ4n) is 2.64. The Labute approximate surface area is 160 Å². The van der Waals surface area contributed by atoms with E-state index in [0.717, 1.165) is 11.1 Å². The molecule has 0 radical (unpaired) electrons. The van der Waals surface area contributed by atoms with Crippen molar-refractivity contribution in [1.82, 2.24) is 10.2 Å². The van der Waals surface area contributed by atoms with Crippen molar-refractivity contribution in [3.8, 4) is 0 Å². The molecule has 1 N–H and O–H groups in total. The topological polar surface area (TPSA) is 49.4 Å². The summed E-state index contributed by atoms with van der Waals surface area (Å²) in [5, 5.41) is 3.51. The van der Waals surface area contributed by atoms with Gasteiger partial charge in [-0.05, 0) is 43.5 Å². The van der Waals surface area contributed by atoms with Crippen molar-refractivity contribution in [3.63, 3.8) is 0 Å². The Hall–Kier alpha value is -2.33. The number of carbonyl (C=O) groups excluding carboxylic acids is 2. The maximum Gasteiger partial charge on any atom is 0.232 e. The fraction of sp³-hybridized carbons (Fsp3) is 0.333. The highest BCUT2D eigenvalue weighted by atomic mass is 35.5. The van der Waals surface area contributed by atoms with Crippen LogP contribution >= 0.6 is 11.6 Å². The molecule has 0 heterocycles. The molecular weight excluding hydrogens is 348 g/mol. The van der Waals surface area contributed by atoms with Gasteiger partial charge in [0, 0.05) is 24.2 Å². The van der Waals surface area contributed by atoms with Crippen LogP contribution in [-0.4, -0.2) is 29.3 Å². The molecule has 0 aliphatic heterocycles. The average Bonchev–Trinajstić information content (AvgIpc) is 2.62. The van der Waals surface area contributed by atoms with E-state index in [-0.39, 0.29) is 24.3 Å².